The van der Waals surface area contributed by atoms with E-state index >= 15 is 0 Å². The number of para-hydroxylation sites is 3. The summed E-state index contributed by atoms with van der Waals surface area (Å²) in [7, 11) is 0. The molecule has 0 bridgehead atoms. The molecule has 0 unspecified atom stereocenters. The number of hydrogen-bond donors (Lipinski definition) is 0. The van der Waals surface area contributed by atoms with Crippen LogP contribution in [0.5, 0.6) is 0 Å². The molecule has 0 amide bonds. The highest BCUT2D eigenvalue weighted by Crippen LogP contribution is 2.35. The molecule has 224 valence electrons. The number of nitrogens with zero attached hydrogens (tertiary/aromatic N) is 6. The molecule has 48 heavy (non-hydrogen) atoms. The maximum atomic E-state index is 5.02. The van der Waals surface area contributed by atoms with Crippen LogP contribution in [-0.4, -0.2) is 28.9 Å². The quantitative estimate of drug-likeness (QED) is 0.198. The van der Waals surface area contributed by atoms with Gasteiger partial charge < -0.3 is 4.57 Å². The summed E-state index contributed by atoms with van der Waals surface area (Å²) in [5.41, 5.74) is 9.15. The molecular formula is C42H26N6. The lowest BCUT2D eigenvalue weighted by molar-refractivity contribution is 1.07. The summed E-state index contributed by atoms with van der Waals surface area (Å²) in [6.45, 7) is 0. The van der Waals surface area contributed by atoms with E-state index < -0.39 is 0 Å². The molecule has 6 aromatic carbocycles. The fraction of sp³-hybridized carbons (Fsp3) is 0. The monoisotopic (exact) mass is 614 g/mol. The molecule has 0 aliphatic rings. The van der Waals surface area contributed by atoms with Gasteiger partial charge in [-0.2, -0.15) is 0 Å². The zero-order chi connectivity index (χ0) is 31.6. The van der Waals surface area contributed by atoms with Gasteiger partial charge in [0, 0.05) is 39.3 Å². The third-order valence-electron chi connectivity index (χ3n) is 9.16. The van der Waals surface area contributed by atoms with Gasteiger partial charge in [0.05, 0.1) is 22.1 Å². The molecule has 0 aliphatic carbocycles. The number of fused-ring (bicyclic) bond motifs is 7. The Morgan fingerprint density at radius 3 is 1.83 bits per heavy atom. The van der Waals surface area contributed by atoms with Gasteiger partial charge in [-0.3, -0.25) is 4.40 Å². The summed E-state index contributed by atoms with van der Waals surface area (Å²) in [6.07, 6.45) is 2.21. The van der Waals surface area contributed by atoms with Gasteiger partial charge in [-0.25, -0.2) is 19.9 Å². The molecule has 0 radical (unpaired) electrons. The molecule has 6 heteroatoms. The zero-order valence-electron chi connectivity index (χ0n) is 25.7. The van der Waals surface area contributed by atoms with Crippen LogP contribution in [0, 0.1) is 0 Å². The standard InChI is InChI=1S/C42H26N6/c1-2-11-28(12-3-1)40-44-41(46-42(45-40)31-19-18-27-10-4-5-13-30(27)24-31)29-20-22-32(23-21-29)48-36-16-8-6-14-33(36)34-25-39-43-35-15-7-9-17-37(35)47(39)26-38(34)48/h1-26H. The number of aromatic nitrogens is 6. The van der Waals surface area contributed by atoms with E-state index in [-0.39, 0.29) is 0 Å². The van der Waals surface area contributed by atoms with Crippen molar-refractivity contribution in [3.8, 4) is 39.9 Å². The summed E-state index contributed by atoms with van der Waals surface area (Å²) in [6, 6.07) is 52.3. The van der Waals surface area contributed by atoms with Gasteiger partial charge in [-0.1, -0.05) is 97.1 Å². The van der Waals surface area contributed by atoms with Gasteiger partial charge in [0.1, 0.15) is 5.65 Å². The number of hydrogen-bond acceptors (Lipinski definition) is 4. The molecule has 0 N–H and O–H groups in total. The highest BCUT2D eigenvalue weighted by molar-refractivity contribution is 6.10. The van der Waals surface area contributed by atoms with E-state index in [0.717, 1.165) is 55.5 Å². The third kappa shape index (κ3) is 4.20. The van der Waals surface area contributed by atoms with Crippen LogP contribution < -0.4 is 0 Å². The Kier molecular flexibility index (Phi) is 5.77. The highest BCUT2D eigenvalue weighted by Gasteiger charge is 2.17. The Labute approximate surface area is 275 Å². The third-order valence-corrected chi connectivity index (χ3v) is 9.16. The Bertz CT molecular complexity index is 2830. The van der Waals surface area contributed by atoms with E-state index in [1.165, 1.54) is 16.2 Å². The molecule has 6 nitrogen and oxygen atoms in total. The topological polar surface area (TPSA) is 60.9 Å². The van der Waals surface area contributed by atoms with Gasteiger partial charge >= 0.3 is 0 Å². The lowest BCUT2D eigenvalue weighted by Crippen LogP contribution is -2.00. The minimum absolute atomic E-state index is 0.632. The van der Waals surface area contributed by atoms with Crippen molar-refractivity contribution >= 4 is 49.3 Å². The predicted octanol–water partition coefficient (Wildman–Crippen LogP) is 9.92. The smallest absolute Gasteiger partial charge is 0.164 e. The van der Waals surface area contributed by atoms with Crippen LogP contribution in [-0.2, 0) is 0 Å². The molecule has 0 fully saturated rings. The van der Waals surface area contributed by atoms with E-state index in [1.807, 2.05) is 36.4 Å². The number of rotatable bonds is 4. The Hall–Kier alpha value is -6.66. The van der Waals surface area contributed by atoms with E-state index in [4.69, 9.17) is 19.9 Å². The fourth-order valence-corrected chi connectivity index (χ4v) is 6.83. The first-order valence-corrected chi connectivity index (χ1v) is 16.0. The van der Waals surface area contributed by atoms with Crippen LogP contribution >= 0.6 is 0 Å². The first-order chi connectivity index (χ1) is 23.8. The minimum Gasteiger partial charge on any atom is -0.308 e. The second-order valence-corrected chi connectivity index (χ2v) is 12.0. The molecule has 0 aliphatic heterocycles. The molecule has 10 rings (SSSR count). The van der Waals surface area contributed by atoms with Crippen molar-refractivity contribution in [2.75, 3.05) is 0 Å². The average Bonchev–Trinajstić information content (AvgIpc) is 3.68. The normalized spacial score (nSPS) is 11.8. The first kappa shape index (κ1) is 26.5. The number of imidazole rings is 1. The first-order valence-electron chi connectivity index (χ1n) is 16.0. The van der Waals surface area contributed by atoms with E-state index in [1.54, 1.807) is 0 Å². The van der Waals surface area contributed by atoms with Crippen molar-refractivity contribution in [2.45, 2.75) is 0 Å². The van der Waals surface area contributed by atoms with Crippen molar-refractivity contribution in [3.05, 3.63) is 158 Å². The molecule has 10 aromatic rings. The van der Waals surface area contributed by atoms with Gasteiger partial charge in [0.25, 0.3) is 0 Å². The molecule has 4 heterocycles. The van der Waals surface area contributed by atoms with Gasteiger partial charge in [-0.15, -0.1) is 0 Å². The maximum Gasteiger partial charge on any atom is 0.164 e. The van der Waals surface area contributed by atoms with E-state index in [0.29, 0.717) is 17.5 Å². The van der Waals surface area contributed by atoms with Crippen LogP contribution in [0.3, 0.4) is 0 Å². The largest absolute Gasteiger partial charge is 0.308 e. The van der Waals surface area contributed by atoms with Crippen molar-refractivity contribution < 1.29 is 0 Å². The van der Waals surface area contributed by atoms with Crippen molar-refractivity contribution in [1.82, 2.24) is 28.9 Å². The molecule has 0 atom stereocenters. The summed E-state index contributed by atoms with van der Waals surface area (Å²) in [5.74, 6) is 1.92. The minimum atomic E-state index is 0.632. The molecular weight excluding hydrogens is 589 g/mol. The Balaban J connectivity index is 1.13. The summed E-state index contributed by atoms with van der Waals surface area (Å²) >= 11 is 0. The maximum absolute atomic E-state index is 5.02. The SMILES string of the molecule is c1ccc(-c2nc(-c3ccc(-n4c5ccccc5c5cc6nc7ccccc7n6cc54)cc3)nc(-c3ccc4ccccc4c3)n2)cc1. The predicted molar refractivity (Wildman–Crippen MR) is 194 cm³/mol. The van der Waals surface area contributed by atoms with Crippen molar-refractivity contribution in [2.24, 2.45) is 0 Å². The Morgan fingerprint density at radius 1 is 0.396 bits per heavy atom. The summed E-state index contributed by atoms with van der Waals surface area (Å²) < 4.78 is 4.51. The summed E-state index contributed by atoms with van der Waals surface area (Å²) in [5, 5.41) is 4.69. The van der Waals surface area contributed by atoms with Crippen LogP contribution in [0.15, 0.2) is 158 Å². The Morgan fingerprint density at radius 2 is 1.02 bits per heavy atom. The lowest BCUT2D eigenvalue weighted by atomic mass is 10.1. The van der Waals surface area contributed by atoms with E-state index in [9.17, 15) is 0 Å². The number of benzene rings is 6. The van der Waals surface area contributed by atoms with E-state index in [2.05, 4.69) is 130 Å². The van der Waals surface area contributed by atoms with Crippen LogP contribution in [0.2, 0.25) is 0 Å². The van der Waals surface area contributed by atoms with Gasteiger partial charge in [-0.05, 0) is 65.4 Å². The second kappa shape index (κ2) is 10.4. The number of pyridine rings is 1. The molecule has 0 spiro atoms. The van der Waals surface area contributed by atoms with Crippen LogP contribution in [0.4, 0.5) is 0 Å². The van der Waals surface area contributed by atoms with Crippen molar-refractivity contribution in [3.63, 3.8) is 0 Å². The second-order valence-electron chi connectivity index (χ2n) is 12.0. The molecule has 4 aromatic heterocycles. The van der Waals surface area contributed by atoms with Crippen LogP contribution in [0.25, 0.3) is 89.1 Å². The van der Waals surface area contributed by atoms with Gasteiger partial charge in [0.15, 0.2) is 17.5 Å². The highest BCUT2D eigenvalue weighted by atomic mass is 15.1. The molecule has 0 saturated carbocycles. The summed E-state index contributed by atoms with van der Waals surface area (Å²) in [4.78, 5) is 19.8. The zero-order valence-corrected chi connectivity index (χ0v) is 25.7. The lowest BCUT2D eigenvalue weighted by Gasteiger charge is -2.11. The van der Waals surface area contributed by atoms with Crippen LogP contribution in [0.1, 0.15) is 0 Å². The van der Waals surface area contributed by atoms with Gasteiger partial charge in [0.2, 0.25) is 0 Å². The molecule has 0 saturated heterocycles. The van der Waals surface area contributed by atoms with Crippen molar-refractivity contribution in [1.29, 1.82) is 0 Å². The fourth-order valence-electron chi connectivity index (χ4n) is 6.83. The average molecular weight is 615 g/mol.